The summed E-state index contributed by atoms with van der Waals surface area (Å²) >= 11 is 5.97. The SMILES string of the molecule is CCOc1cccc2ncnc(Cl)c12.CCOc1cccc2ncnc(N3CCCCC3c3cc4nc(N5CCC5)cc(N5CCOCC5)n4n3)c12.COCCO.PPP(P(P)P)P(P(P(P)P)P(P)P)P(P(P(P(P)P)P(P)P)P(P(P)P)P(P)P)P(P(P(P(P)P)P(P)P)P(P(P)P)P(P)P)P(P(P(P)P)P(P)P)P(P(P)P)P(P)P.c1c(N2CCC2)nc2cc(C3CCCCN3)nn2c1N1CCOCC1. The summed E-state index contributed by atoms with van der Waals surface area (Å²) in [5.74, 6) is 6.86. The third kappa shape index (κ3) is 42.0. The topological polar surface area (TPSA) is 207 Å². The lowest BCUT2D eigenvalue weighted by Gasteiger charge is -2.60. The van der Waals surface area contributed by atoms with E-state index in [9.17, 15) is 0 Å². The Morgan fingerprint density at radius 2 is 0.783 bits per heavy atom. The Kier molecular flexibility index (Phi) is 76.0. The monoisotopic (exact) mass is 3090 g/mol. The number of rotatable bonds is 42. The molecular weight excluding hydrogens is 2950 g/mol. The smallest absolute Gasteiger partial charge is 0.160 e. The zero-order chi connectivity index (χ0) is 105. The molecule has 0 spiro atoms. The standard InChI is InChI=1S/C28H34N8O2.C18H26N6O.C10H9ClN2O.C3H8O2.H63P61/c1-2-38-23-9-5-7-20-27(23)28(30-19-29-20)35-12-4-3-8-22(35)21-17-25-31-24(33-10-6-11-33)18-26(36(25)32-21)34-13-15-37-16-14-34;1-2-5-19-14(4-1)15-12-17-20-16(22-6-3-7-22)13-18(24(17)21-15)23-8-10-25-11-9-23;1-2-14-8-5-3-4-7-9(8)10(11)13-6-12-7;1-5-3-2-4;1-32-48(33(2)3)56(49(34(4)5)35(6)7)60(57(50(36(8)9)37(10)11)51(38(12)13)39(14)15)61(58(52(40(16)17)41(18)19)53(42(20)21)43(22)23)59(54(44(24)25)45(26)27)55(46(28)29)47(30)31/h5,7,9,17-19,22H,2-4,6,8,10-16H2,1H3;12-14,19H,1-11H2;3-6H,2H2,1H3;4H,2-3H2,1H3;32H,1-31H2. The lowest BCUT2D eigenvalue weighted by molar-refractivity contribution is 0.122. The first-order valence-electron chi connectivity index (χ1n) is 43.2. The van der Waals surface area contributed by atoms with E-state index < -0.39 is 0 Å². The first-order chi connectivity index (χ1) is 68.2. The van der Waals surface area contributed by atoms with E-state index in [-0.39, 0.29) is 215 Å². The number of ether oxygens (including phenoxy) is 5. The summed E-state index contributed by atoms with van der Waals surface area (Å²) in [5.41, 5.74) is 5.73. The first-order valence-corrected chi connectivity index (χ1v) is 154. The van der Waals surface area contributed by atoms with Crippen LogP contribution in [0.3, 0.4) is 0 Å². The number of fused-ring (bicyclic) bond motifs is 4. The van der Waals surface area contributed by atoms with Crippen molar-refractivity contribution in [3.8, 4) is 11.5 Å². The van der Waals surface area contributed by atoms with Crippen LogP contribution in [0.4, 0.5) is 29.1 Å². The number of aliphatic hydroxyl groups excluding tert-OH is 1. The van der Waals surface area contributed by atoms with E-state index >= 15 is 0 Å². The quantitative estimate of drug-likeness (QED) is 0.0269. The lowest BCUT2D eigenvalue weighted by Crippen LogP contribution is -2.40. The van der Waals surface area contributed by atoms with Crippen molar-refractivity contribution in [2.45, 2.75) is 77.3 Å². The van der Waals surface area contributed by atoms with Gasteiger partial charge in [0.25, 0.3) is 0 Å². The molecule has 8 aromatic rings. The number of nitrogens with zero attached hydrogens (tertiary/aromatic N) is 15. The molecule has 0 saturated carbocycles. The van der Waals surface area contributed by atoms with Crippen molar-refractivity contribution in [1.29, 1.82) is 0 Å². The Morgan fingerprint density at radius 3 is 1.14 bits per heavy atom. The van der Waals surface area contributed by atoms with Crippen LogP contribution in [-0.4, -0.2) is 180 Å². The van der Waals surface area contributed by atoms with Gasteiger partial charge in [-0.15, -0.1) is 277 Å². The second-order valence-corrected chi connectivity index (χ2v) is 281. The fraction of sp³-hybridized carbons (Fsp3) is 0.525. The summed E-state index contributed by atoms with van der Waals surface area (Å²) in [7, 11) is 113. The second kappa shape index (κ2) is 75.5. The Labute approximate surface area is 962 Å². The molecule has 37 atom stereocenters. The Morgan fingerprint density at radius 1 is 0.413 bits per heavy atom. The third-order valence-corrected chi connectivity index (χ3v) is 447. The fourth-order valence-electron chi connectivity index (χ4n) is 14.9. The molecule has 0 radical (unpaired) electrons. The molecule has 6 fully saturated rings. The van der Waals surface area contributed by atoms with E-state index in [1.807, 2.05) is 59.3 Å². The number of aliphatic hydroxyl groups is 1. The molecule has 6 aliphatic heterocycles. The van der Waals surface area contributed by atoms with E-state index in [1.54, 1.807) is 13.4 Å². The van der Waals surface area contributed by atoms with Crippen LogP contribution in [0, 0.1) is 0 Å². The molecule has 84 heteroatoms. The minimum Gasteiger partial charge on any atom is -0.493 e. The molecule has 0 bridgehead atoms. The van der Waals surface area contributed by atoms with Crippen LogP contribution in [0.15, 0.2) is 73.3 Å². The number of methoxy groups -OCH3 is 1. The van der Waals surface area contributed by atoms with Gasteiger partial charge in [-0.3, -0.25) is 0 Å². The lowest BCUT2D eigenvalue weighted by atomic mass is 9.98. The molecule has 6 aromatic heterocycles. The molecule has 6 saturated heterocycles. The number of aromatic nitrogens is 10. The largest absolute Gasteiger partial charge is 0.493 e. The Bertz CT molecular complexity index is 4970. The van der Waals surface area contributed by atoms with E-state index in [2.05, 4.69) is 351 Å². The maximum absolute atomic E-state index is 7.94. The van der Waals surface area contributed by atoms with Crippen LogP contribution in [0.5, 0.6) is 11.5 Å². The molecule has 804 valence electrons. The maximum Gasteiger partial charge on any atom is 0.160 e. The fourth-order valence-corrected chi connectivity index (χ4v) is 895. The van der Waals surface area contributed by atoms with E-state index in [0.717, 1.165) is 211 Å². The Balaban J connectivity index is 0.000000213. The maximum atomic E-state index is 7.94. The van der Waals surface area contributed by atoms with Gasteiger partial charge < -0.3 is 58.6 Å². The minimum absolute atomic E-state index is 0.100. The van der Waals surface area contributed by atoms with E-state index in [0.29, 0.717) is 31.0 Å². The van der Waals surface area contributed by atoms with Gasteiger partial charge in [0, 0.05) is 90.3 Å². The number of benzene rings is 2. The van der Waals surface area contributed by atoms with Gasteiger partial charge in [-0.05, 0) is 292 Å². The van der Waals surface area contributed by atoms with Crippen molar-refractivity contribution in [3.63, 3.8) is 0 Å². The summed E-state index contributed by atoms with van der Waals surface area (Å²) in [6, 6.07) is 20.9. The highest BCUT2D eigenvalue weighted by Gasteiger charge is 2.62. The number of nitrogens with one attached hydrogen (secondary N) is 1. The highest BCUT2D eigenvalue weighted by atomic mass is 35.5. The van der Waals surface area contributed by atoms with Crippen molar-refractivity contribution in [2.24, 2.45) is 0 Å². The molecule has 2 aromatic carbocycles. The average Bonchev–Trinajstić information content (AvgIpc) is 1.39. The molecule has 0 aliphatic carbocycles. The van der Waals surface area contributed by atoms with Crippen LogP contribution in [0.2, 0.25) is 5.15 Å². The number of anilines is 5. The predicted molar refractivity (Wildman–Crippen MR) is 830 cm³/mol. The molecule has 37 unspecified atom stereocenters. The average molecular weight is 3090 g/mol. The number of morpholine rings is 2. The second-order valence-electron chi connectivity index (χ2n) is 30.6. The van der Waals surface area contributed by atoms with Crippen LogP contribution in [-0.2, 0) is 14.2 Å². The van der Waals surface area contributed by atoms with Gasteiger partial charge in [0.1, 0.15) is 58.4 Å². The molecule has 22 nitrogen and oxygen atoms in total. The molecule has 12 heterocycles. The molecule has 14 rings (SSSR count). The Hall–Kier alpha value is 19.3. The summed E-state index contributed by atoms with van der Waals surface area (Å²) in [4.78, 5) is 39.2. The van der Waals surface area contributed by atoms with Gasteiger partial charge in [-0.1, -0.05) is 38.1 Å². The van der Waals surface area contributed by atoms with Crippen LogP contribution in [0.1, 0.15) is 88.7 Å². The number of halogens is 1. The highest BCUT2D eigenvalue weighted by Crippen LogP contribution is 3.49. The van der Waals surface area contributed by atoms with Gasteiger partial charge in [-0.25, -0.2) is 29.9 Å². The van der Waals surface area contributed by atoms with Gasteiger partial charge in [0.15, 0.2) is 11.3 Å². The minimum atomic E-state index is -0.269. The summed E-state index contributed by atoms with van der Waals surface area (Å²) in [5, 5.41) is 23.9. The van der Waals surface area contributed by atoms with Crippen molar-refractivity contribution in [1.82, 2.24) is 54.4 Å². The molecule has 0 amide bonds. The molecule has 143 heavy (non-hydrogen) atoms. The molecule has 6 aliphatic rings. The van der Waals surface area contributed by atoms with Crippen molar-refractivity contribution < 1.29 is 28.8 Å². The van der Waals surface area contributed by atoms with Crippen LogP contribution >= 0.6 is 499 Å². The van der Waals surface area contributed by atoms with Gasteiger partial charge in [-0.2, -0.15) is 19.2 Å². The van der Waals surface area contributed by atoms with Gasteiger partial charge in [0.2, 0.25) is 0 Å². The van der Waals surface area contributed by atoms with Crippen molar-refractivity contribution in [3.05, 3.63) is 89.9 Å². The molecule has 2 N–H and O–H groups in total. The number of hydrogen-bond donors (Lipinski definition) is 2. The van der Waals surface area contributed by atoms with Crippen LogP contribution < -0.4 is 39.3 Å². The number of piperidine rings is 2. The normalized spacial score (nSPS) is 17.8. The van der Waals surface area contributed by atoms with Crippen molar-refractivity contribution in [2.75, 3.05) is 150 Å². The summed E-state index contributed by atoms with van der Waals surface area (Å²) in [6.45, 7) is 12.0. The third-order valence-electron chi connectivity index (χ3n) is 21.0. The van der Waals surface area contributed by atoms with Gasteiger partial charge >= 0.3 is 0 Å². The van der Waals surface area contributed by atoms with E-state index in [4.69, 9.17) is 60.8 Å². The number of hydrogen-bond acceptors (Lipinski definition) is 20. The molecular formula is C59H140ClN16O6P61. The van der Waals surface area contributed by atoms with Gasteiger partial charge in [0.05, 0.1) is 98.1 Å². The van der Waals surface area contributed by atoms with Crippen molar-refractivity contribution >= 4 is 561 Å². The first kappa shape index (κ1) is 144. The van der Waals surface area contributed by atoms with E-state index in [1.165, 1.54) is 32.0 Å². The highest BCUT2D eigenvalue weighted by molar-refractivity contribution is 9.54. The summed E-state index contributed by atoms with van der Waals surface area (Å²) < 4.78 is 31.2. The van der Waals surface area contributed by atoms with Crippen LogP contribution in [0.25, 0.3) is 33.1 Å². The zero-order valence-electron chi connectivity index (χ0n) is 78.9. The summed E-state index contributed by atoms with van der Waals surface area (Å²) in [6.07, 6.45) is 12.6. The zero-order valence-corrected chi connectivity index (χ0v) is 142. The predicted octanol–water partition coefficient (Wildman–Crippen LogP) is 43.4.